The molecule has 20 heavy (non-hydrogen) atoms. The van der Waals surface area contributed by atoms with Gasteiger partial charge in [0, 0.05) is 25.5 Å². The van der Waals surface area contributed by atoms with Gasteiger partial charge in [0.2, 0.25) is 0 Å². The van der Waals surface area contributed by atoms with Gasteiger partial charge in [-0.15, -0.1) is 11.6 Å². The SMILES string of the molecule is CCCC(CCCl)CNC(=O)c1cc([N+](=O)[O-])cn1C. The standard InChI is InChI=1S/C13H20ClN3O3/c1-3-4-10(5-6-14)8-15-13(18)12-7-11(17(19)20)9-16(12)2/h7,9-10H,3-6,8H2,1-2H3,(H,15,18). The van der Waals surface area contributed by atoms with E-state index >= 15 is 0 Å². The number of nitrogens with zero attached hydrogens (tertiary/aromatic N) is 2. The molecule has 0 saturated carbocycles. The molecule has 1 atom stereocenters. The maximum Gasteiger partial charge on any atom is 0.287 e. The lowest BCUT2D eigenvalue weighted by atomic mass is 10.0. The fourth-order valence-electron chi connectivity index (χ4n) is 2.11. The van der Waals surface area contributed by atoms with Crippen LogP contribution in [-0.2, 0) is 7.05 Å². The van der Waals surface area contributed by atoms with Crippen molar-refractivity contribution in [2.45, 2.75) is 26.2 Å². The molecule has 0 bridgehead atoms. The van der Waals surface area contributed by atoms with Gasteiger partial charge in [-0.05, 0) is 18.8 Å². The van der Waals surface area contributed by atoms with Gasteiger partial charge in [-0.25, -0.2) is 0 Å². The van der Waals surface area contributed by atoms with E-state index in [2.05, 4.69) is 12.2 Å². The number of halogens is 1. The molecule has 0 aliphatic carbocycles. The Labute approximate surface area is 123 Å². The Balaban J connectivity index is 2.64. The Hall–Kier alpha value is -1.56. The second-order valence-electron chi connectivity index (χ2n) is 4.79. The van der Waals surface area contributed by atoms with Crippen LogP contribution >= 0.6 is 11.6 Å². The fraction of sp³-hybridized carbons (Fsp3) is 0.615. The average Bonchev–Trinajstić information content (AvgIpc) is 2.78. The van der Waals surface area contributed by atoms with Crippen molar-refractivity contribution in [3.63, 3.8) is 0 Å². The van der Waals surface area contributed by atoms with Crippen LogP contribution in [0.25, 0.3) is 0 Å². The number of alkyl halides is 1. The zero-order valence-corrected chi connectivity index (χ0v) is 12.5. The maximum absolute atomic E-state index is 12.0. The number of hydrogen-bond acceptors (Lipinski definition) is 3. The summed E-state index contributed by atoms with van der Waals surface area (Å²) in [6, 6.07) is 1.28. The van der Waals surface area contributed by atoms with Crippen LogP contribution in [0, 0.1) is 16.0 Å². The van der Waals surface area contributed by atoms with Crippen molar-refractivity contribution in [3.8, 4) is 0 Å². The van der Waals surface area contributed by atoms with E-state index in [0.29, 0.717) is 18.3 Å². The van der Waals surface area contributed by atoms with E-state index < -0.39 is 4.92 Å². The number of carbonyl (C=O) groups excluding carboxylic acids is 1. The topological polar surface area (TPSA) is 77.2 Å². The number of aryl methyl sites for hydroxylation is 1. The first-order valence-electron chi connectivity index (χ1n) is 6.64. The molecular weight excluding hydrogens is 282 g/mol. The molecule has 1 N–H and O–H groups in total. The lowest BCUT2D eigenvalue weighted by Gasteiger charge is -2.15. The minimum absolute atomic E-state index is 0.0801. The smallest absolute Gasteiger partial charge is 0.287 e. The van der Waals surface area contributed by atoms with Crippen molar-refractivity contribution in [1.29, 1.82) is 0 Å². The van der Waals surface area contributed by atoms with E-state index in [4.69, 9.17) is 11.6 Å². The van der Waals surface area contributed by atoms with Crippen LogP contribution in [0.5, 0.6) is 0 Å². The van der Waals surface area contributed by atoms with Crippen molar-refractivity contribution in [1.82, 2.24) is 9.88 Å². The highest BCUT2D eigenvalue weighted by Crippen LogP contribution is 2.16. The number of hydrogen-bond donors (Lipinski definition) is 1. The van der Waals surface area contributed by atoms with Crippen LogP contribution in [-0.4, -0.2) is 27.8 Å². The number of amides is 1. The van der Waals surface area contributed by atoms with Gasteiger partial charge in [0.15, 0.2) is 0 Å². The van der Waals surface area contributed by atoms with Gasteiger partial charge >= 0.3 is 0 Å². The van der Waals surface area contributed by atoms with Crippen molar-refractivity contribution in [3.05, 3.63) is 28.1 Å². The maximum atomic E-state index is 12.0. The summed E-state index contributed by atoms with van der Waals surface area (Å²) in [5.74, 6) is 0.615. The normalized spacial score (nSPS) is 12.2. The molecule has 1 aromatic heterocycles. The van der Waals surface area contributed by atoms with Crippen LogP contribution in [0.4, 0.5) is 5.69 Å². The number of rotatable bonds is 8. The van der Waals surface area contributed by atoms with Crippen molar-refractivity contribution in [2.24, 2.45) is 13.0 Å². The number of carbonyl (C=O) groups is 1. The highest BCUT2D eigenvalue weighted by atomic mass is 35.5. The van der Waals surface area contributed by atoms with Gasteiger partial charge < -0.3 is 9.88 Å². The molecule has 0 radical (unpaired) electrons. The predicted octanol–water partition coefficient (Wildman–Crippen LogP) is 2.71. The first-order valence-corrected chi connectivity index (χ1v) is 7.18. The predicted molar refractivity (Wildman–Crippen MR) is 78.1 cm³/mol. The molecule has 0 aliphatic heterocycles. The molecule has 0 aromatic carbocycles. The van der Waals surface area contributed by atoms with E-state index in [1.165, 1.54) is 16.8 Å². The average molecular weight is 302 g/mol. The highest BCUT2D eigenvalue weighted by Gasteiger charge is 2.18. The molecule has 0 aliphatic rings. The summed E-state index contributed by atoms with van der Waals surface area (Å²) in [5, 5.41) is 13.5. The third kappa shape index (κ3) is 4.52. The van der Waals surface area contributed by atoms with E-state index in [0.717, 1.165) is 19.3 Å². The zero-order chi connectivity index (χ0) is 15.1. The monoisotopic (exact) mass is 301 g/mol. The van der Waals surface area contributed by atoms with Gasteiger partial charge in [0.05, 0.1) is 11.1 Å². The highest BCUT2D eigenvalue weighted by molar-refractivity contribution is 6.17. The molecular formula is C13H20ClN3O3. The van der Waals surface area contributed by atoms with Gasteiger partial charge in [0.25, 0.3) is 11.6 Å². The molecule has 1 unspecified atom stereocenters. The Bertz CT molecular complexity index is 467. The van der Waals surface area contributed by atoms with Crippen LogP contribution < -0.4 is 5.32 Å². The Morgan fingerprint density at radius 2 is 2.25 bits per heavy atom. The summed E-state index contributed by atoms with van der Waals surface area (Å²) in [5.41, 5.74) is 0.210. The van der Waals surface area contributed by atoms with Crippen LogP contribution in [0.3, 0.4) is 0 Å². The summed E-state index contributed by atoms with van der Waals surface area (Å²) in [4.78, 5) is 22.2. The third-order valence-corrected chi connectivity index (χ3v) is 3.42. The quantitative estimate of drug-likeness (QED) is 0.455. The molecule has 0 fully saturated rings. The Morgan fingerprint density at radius 1 is 1.55 bits per heavy atom. The van der Waals surface area contributed by atoms with Crippen molar-refractivity contribution >= 4 is 23.2 Å². The first kappa shape index (κ1) is 16.5. The van der Waals surface area contributed by atoms with E-state index in [-0.39, 0.29) is 17.3 Å². The lowest BCUT2D eigenvalue weighted by Crippen LogP contribution is -2.30. The van der Waals surface area contributed by atoms with Crippen LogP contribution in [0.2, 0.25) is 0 Å². The summed E-state index contributed by atoms with van der Waals surface area (Å²) < 4.78 is 1.46. The third-order valence-electron chi connectivity index (χ3n) is 3.20. The second-order valence-corrected chi connectivity index (χ2v) is 5.17. The number of nitrogens with one attached hydrogen (secondary N) is 1. The lowest BCUT2D eigenvalue weighted by molar-refractivity contribution is -0.384. The number of nitro groups is 1. The van der Waals surface area contributed by atoms with Gasteiger partial charge in [-0.3, -0.25) is 14.9 Å². The molecule has 7 heteroatoms. The Kier molecular flexibility index (Phi) is 6.51. The summed E-state index contributed by atoms with van der Waals surface area (Å²) in [6.45, 7) is 2.63. The summed E-state index contributed by atoms with van der Waals surface area (Å²) in [6.07, 6.45) is 4.22. The molecule has 1 amide bonds. The molecule has 0 spiro atoms. The van der Waals surface area contributed by atoms with Gasteiger partial charge in [-0.2, -0.15) is 0 Å². The summed E-state index contributed by atoms with van der Waals surface area (Å²) in [7, 11) is 1.62. The molecule has 1 rings (SSSR count). The second kappa shape index (κ2) is 7.89. The van der Waals surface area contributed by atoms with Gasteiger partial charge in [0.1, 0.15) is 5.69 Å². The van der Waals surface area contributed by atoms with Crippen molar-refractivity contribution < 1.29 is 9.72 Å². The molecule has 0 saturated heterocycles. The molecule has 1 aromatic rings. The van der Waals surface area contributed by atoms with Gasteiger partial charge in [-0.1, -0.05) is 13.3 Å². The Morgan fingerprint density at radius 3 is 2.75 bits per heavy atom. The van der Waals surface area contributed by atoms with E-state index in [1.807, 2.05) is 0 Å². The molecule has 1 heterocycles. The largest absolute Gasteiger partial charge is 0.350 e. The molecule has 6 nitrogen and oxygen atoms in total. The van der Waals surface area contributed by atoms with E-state index in [1.54, 1.807) is 7.05 Å². The number of aromatic nitrogens is 1. The summed E-state index contributed by atoms with van der Waals surface area (Å²) >= 11 is 5.74. The minimum atomic E-state index is -0.510. The van der Waals surface area contributed by atoms with E-state index in [9.17, 15) is 14.9 Å². The van der Waals surface area contributed by atoms with Crippen LogP contribution in [0.15, 0.2) is 12.3 Å². The fourth-order valence-corrected chi connectivity index (χ4v) is 2.42. The first-order chi connectivity index (χ1) is 9.49. The van der Waals surface area contributed by atoms with Crippen LogP contribution in [0.1, 0.15) is 36.7 Å². The minimum Gasteiger partial charge on any atom is -0.350 e. The zero-order valence-electron chi connectivity index (χ0n) is 11.8. The van der Waals surface area contributed by atoms with Crippen molar-refractivity contribution in [2.75, 3.05) is 12.4 Å². The molecule has 112 valence electrons.